The summed E-state index contributed by atoms with van der Waals surface area (Å²) in [5.41, 5.74) is 6.65. The van der Waals surface area contributed by atoms with Crippen LogP contribution in [0, 0.1) is 0 Å². The van der Waals surface area contributed by atoms with Gasteiger partial charge >= 0.3 is 0 Å². The van der Waals surface area contributed by atoms with Gasteiger partial charge in [-0.05, 0) is 26.3 Å². The molecule has 1 atom stereocenters. The molecule has 112 valence electrons. The Labute approximate surface area is 125 Å². The zero-order valence-electron chi connectivity index (χ0n) is 12.7. The fourth-order valence-corrected chi connectivity index (χ4v) is 2.04. The Morgan fingerprint density at radius 1 is 1.24 bits per heavy atom. The van der Waals surface area contributed by atoms with Crippen molar-refractivity contribution in [3.05, 3.63) is 48.3 Å². The topological polar surface area (TPSA) is 73.1 Å². The molecule has 0 aliphatic carbocycles. The molecule has 0 fully saturated rings. The van der Waals surface area contributed by atoms with Crippen LogP contribution in [0.15, 0.2) is 42.7 Å². The Kier molecular flexibility index (Phi) is 4.75. The molecular weight excluding hydrogens is 264 g/mol. The minimum absolute atomic E-state index is 0.0598. The van der Waals surface area contributed by atoms with Gasteiger partial charge in [0.25, 0.3) is 0 Å². The highest BCUT2D eigenvalue weighted by Gasteiger charge is 2.25. The summed E-state index contributed by atoms with van der Waals surface area (Å²) in [5, 5.41) is 3.36. The van der Waals surface area contributed by atoms with E-state index in [-0.39, 0.29) is 6.10 Å². The number of ether oxygens (including phenoxy) is 1. The van der Waals surface area contributed by atoms with Crippen molar-refractivity contribution >= 4 is 5.82 Å². The van der Waals surface area contributed by atoms with Crippen LogP contribution in [-0.2, 0) is 5.54 Å². The molecule has 0 aliphatic heterocycles. The molecule has 0 radical (unpaired) electrons. The molecule has 2 aromatic rings. The molecule has 1 aromatic heterocycles. The number of anilines is 1. The number of nitrogens with two attached hydrogens (primary N) is 1. The summed E-state index contributed by atoms with van der Waals surface area (Å²) in [6.45, 7) is 6.39. The van der Waals surface area contributed by atoms with E-state index in [0.29, 0.717) is 18.2 Å². The van der Waals surface area contributed by atoms with Crippen LogP contribution in [-0.4, -0.2) is 22.6 Å². The fourth-order valence-electron chi connectivity index (χ4n) is 2.04. The van der Waals surface area contributed by atoms with Crippen molar-refractivity contribution in [2.45, 2.75) is 32.4 Å². The molecule has 21 heavy (non-hydrogen) atoms. The molecule has 0 saturated carbocycles. The van der Waals surface area contributed by atoms with Gasteiger partial charge in [0.15, 0.2) is 0 Å². The molecule has 5 nitrogen and oxygen atoms in total. The molecule has 1 heterocycles. The van der Waals surface area contributed by atoms with Gasteiger partial charge in [0.2, 0.25) is 5.88 Å². The van der Waals surface area contributed by atoms with Crippen LogP contribution < -0.4 is 15.8 Å². The average molecular weight is 286 g/mol. The smallest absolute Gasteiger partial charge is 0.234 e. The van der Waals surface area contributed by atoms with E-state index in [1.807, 2.05) is 51.1 Å². The maximum absolute atomic E-state index is 5.96. The molecule has 1 aromatic carbocycles. The van der Waals surface area contributed by atoms with Crippen LogP contribution in [0.3, 0.4) is 0 Å². The van der Waals surface area contributed by atoms with Crippen LogP contribution in [0.4, 0.5) is 5.82 Å². The maximum atomic E-state index is 5.96. The second-order valence-corrected chi connectivity index (χ2v) is 5.44. The van der Waals surface area contributed by atoms with Crippen LogP contribution in [0.5, 0.6) is 5.88 Å². The normalized spacial score (nSPS) is 13.8. The second-order valence-electron chi connectivity index (χ2n) is 5.44. The Morgan fingerprint density at radius 3 is 2.57 bits per heavy atom. The quantitative estimate of drug-likeness (QED) is 0.853. The first-order valence-electron chi connectivity index (χ1n) is 7.06. The van der Waals surface area contributed by atoms with Gasteiger partial charge in [-0.1, -0.05) is 30.3 Å². The molecule has 0 spiro atoms. The van der Waals surface area contributed by atoms with Crippen molar-refractivity contribution in [1.82, 2.24) is 9.97 Å². The molecule has 0 aliphatic rings. The van der Waals surface area contributed by atoms with Gasteiger partial charge in [-0.15, -0.1) is 0 Å². The summed E-state index contributed by atoms with van der Waals surface area (Å²) in [6, 6.07) is 10.1. The number of nitrogens with zero attached hydrogens (tertiary/aromatic N) is 2. The van der Waals surface area contributed by atoms with Crippen LogP contribution >= 0.6 is 0 Å². The van der Waals surface area contributed by atoms with Gasteiger partial charge in [0.1, 0.15) is 5.82 Å². The predicted molar refractivity (Wildman–Crippen MR) is 84.3 cm³/mol. The second kappa shape index (κ2) is 6.54. The minimum Gasteiger partial charge on any atom is -0.474 e. The van der Waals surface area contributed by atoms with Gasteiger partial charge in [-0.25, -0.2) is 0 Å². The maximum Gasteiger partial charge on any atom is 0.234 e. The van der Waals surface area contributed by atoms with Crippen molar-refractivity contribution in [3.8, 4) is 5.88 Å². The van der Waals surface area contributed by atoms with Crippen molar-refractivity contribution in [3.63, 3.8) is 0 Å². The molecule has 0 bridgehead atoms. The first-order chi connectivity index (χ1) is 10.0. The zero-order valence-corrected chi connectivity index (χ0v) is 12.7. The highest BCUT2D eigenvalue weighted by molar-refractivity contribution is 5.41. The fraction of sp³-hybridized carbons (Fsp3) is 0.375. The average Bonchev–Trinajstić information content (AvgIpc) is 2.47. The molecule has 2 rings (SSSR count). The monoisotopic (exact) mass is 286 g/mol. The number of benzene rings is 1. The zero-order chi connectivity index (χ0) is 15.3. The minimum atomic E-state index is -0.410. The van der Waals surface area contributed by atoms with E-state index in [1.165, 1.54) is 0 Å². The molecular formula is C16H22N4O. The van der Waals surface area contributed by atoms with Crippen LogP contribution in [0.1, 0.15) is 26.3 Å². The van der Waals surface area contributed by atoms with Gasteiger partial charge < -0.3 is 15.8 Å². The van der Waals surface area contributed by atoms with Crippen molar-refractivity contribution in [2.75, 3.05) is 11.9 Å². The molecule has 1 unspecified atom stereocenters. The van der Waals surface area contributed by atoms with Gasteiger partial charge in [0, 0.05) is 6.54 Å². The van der Waals surface area contributed by atoms with Gasteiger partial charge in [-0.2, -0.15) is 4.98 Å². The van der Waals surface area contributed by atoms with E-state index in [1.54, 1.807) is 12.4 Å². The lowest BCUT2D eigenvalue weighted by Gasteiger charge is -2.30. The highest BCUT2D eigenvalue weighted by atomic mass is 16.5. The first kappa shape index (κ1) is 15.3. The Morgan fingerprint density at radius 2 is 1.95 bits per heavy atom. The summed E-state index contributed by atoms with van der Waals surface area (Å²) in [5.74, 6) is 1.15. The Bertz CT molecular complexity index is 573. The third-order valence-corrected chi connectivity index (χ3v) is 3.19. The summed E-state index contributed by atoms with van der Waals surface area (Å²) in [4.78, 5) is 8.58. The standard InChI is InChI=1S/C16H22N4O/c1-12(2)21-15-10-18-9-14(19-15)20-16(3,11-17)13-7-5-4-6-8-13/h4-10,12H,11,17H2,1-3H3,(H,19,20). The Balaban J connectivity index is 2.22. The van der Waals surface area contributed by atoms with Gasteiger partial charge in [-0.3, -0.25) is 4.98 Å². The summed E-state index contributed by atoms with van der Waals surface area (Å²) in [6.07, 6.45) is 3.34. The van der Waals surface area contributed by atoms with E-state index in [9.17, 15) is 0 Å². The number of rotatable bonds is 6. The van der Waals surface area contributed by atoms with Crippen LogP contribution in [0.2, 0.25) is 0 Å². The van der Waals surface area contributed by atoms with Crippen LogP contribution in [0.25, 0.3) is 0 Å². The lowest BCUT2D eigenvalue weighted by molar-refractivity contribution is 0.232. The first-order valence-corrected chi connectivity index (χ1v) is 7.06. The van der Waals surface area contributed by atoms with E-state index in [4.69, 9.17) is 10.5 Å². The number of nitrogens with one attached hydrogen (secondary N) is 1. The largest absolute Gasteiger partial charge is 0.474 e. The summed E-state index contributed by atoms with van der Waals surface area (Å²) >= 11 is 0. The van der Waals surface area contributed by atoms with Crippen molar-refractivity contribution < 1.29 is 4.74 Å². The third-order valence-electron chi connectivity index (χ3n) is 3.19. The van der Waals surface area contributed by atoms with E-state index < -0.39 is 5.54 Å². The Hall–Kier alpha value is -2.14. The molecule has 0 amide bonds. The van der Waals surface area contributed by atoms with E-state index in [2.05, 4.69) is 15.3 Å². The van der Waals surface area contributed by atoms with Gasteiger partial charge in [0.05, 0.1) is 24.0 Å². The lowest BCUT2D eigenvalue weighted by atomic mass is 9.92. The number of hydrogen-bond donors (Lipinski definition) is 2. The number of aromatic nitrogens is 2. The highest BCUT2D eigenvalue weighted by Crippen LogP contribution is 2.24. The lowest BCUT2D eigenvalue weighted by Crippen LogP contribution is -2.40. The molecule has 5 heteroatoms. The third kappa shape index (κ3) is 3.92. The van der Waals surface area contributed by atoms with E-state index in [0.717, 1.165) is 5.56 Å². The van der Waals surface area contributed by atoms with E-state index >= 15 is 0 Å². The van der Waals surface area contributed by atoms with Crippen molar-refractivity contribution in [1.29, 1.82) is 0 Å². The van der Waals surface area contributed by atoms with Crippen molar-refractivity contribution in [2.24, 2.45) is 5.73 Å². The number of hydrogen-bond acceptors (Lipinski definition) is 5. The predicted octanol–water partition coefficient (Wildman–Crippen LogP) is 2.55. The molecule has 3 N–H and O–H groups in total. The SMILES string of the molecule is CC(C)Oc1cncc(NC(C)(CN)c2ccccc2)n1. The molecule has 0 saturated heterocycles. The summed E-state index contributed by atoms with van der Waals surface area (Å²) < 4.78 is 5.56. The summed E-state index contributed by atoms with van der Waals surface area (Å²) in [7, 11) is 0.